The van der Waals surface area contributed by atoms with E-state index in [9.17, 15) is 0 Å². The molecule has 40 valence electrons. The molecule has 0 unspecified atom stereocenters. The summed E-state index contributed by atoms with van der Waals surface area (Å²) in [4.78, 5) is 0. The summed E-state index contributed by atoms with van der Waals surface area (Å²) in [5.74, 6) is 0. The molecule has 0 aromatic rings. The quantitative estimate of drug-likeness (QED) is 0.450. The predicted molar refractivity (Wildman–Crippen MR) is 35.3 cm³/mol. The first-order valence-corrected chi connectivity index (χ1v) is 2.71. The second kappa shape index (κ2) is 2.08. The molecule has 1 aliphatic carbocycles. The lowest BCUT2D eigenvalue weighted by Crippen LogP contribution is -2.03. The van der Waals surface area contributed by atoms with Crippen LogP contribution in [0.4, 0.5) is 0 Å². The van der Waals surface area contributed by atoms with Gasteiger partial charge in [-0.1, -0.05) is 17.6 Å². The number of allylic oxidation sites excluding steroid dienone is 4. The third kappa shape index (κ3) is 0.943. The molecular formula is C6H8BN. The third-order valence-electron chi connectivity index (χ3n) is 1.25. The van der Waals surface area contributed by atoms with Gasteiger partial charge in [0.1, 0.15) is 7.85 Å². The lowest BCUT2D eigenvalue weighted by Gasteiger charge is -2.06. The summed E-state index contributed by atoms with van der Waals surface area (Å²) in [6.07, 6.45) is 5.85. The number of nitrogens with two attached hydrogens (primary N) is 1. The number of hydrogen-bond donors (Lipinski definition) is 1. The lowest BCUT2D eigenvalue weighted by molar-refractivity contribution is 0.938. The van der Waals surface area contributed by atoms with E-state index in [1.807, 2.05) is 12.2 Å². The predicted octanol–water partition coefficient (Wildman–Crippen LogP) is 0.675. The van der Waals surface area contributed by atoms with Crippen molar-refractivity contribution >= 4 is 7.85 Å². The monoisotopic (exact) mass is 105 g/mol. The van der Waals surface area contributed by atoms with E-state index in [2.05, 4.69) is 0 Å². The van der Waals surface area contributed by atoms with Crippen LogP contribution in [-0.2, 0) is 0 Å². The summed E-state index contributed by atoms with van der Waals surface area (Å²) in [7, 11) is 5.45. The fourth-order valence-corrected chi connectivity index (χ4v) is 0.701. The fourth-order valence-electron chi connectivity index (χ4n) is 0.701. The van der Waals surface area contributed by atoms with Crippen molar-refractivity contribution in [3.8, 4) is 0 Å². The molecule has 8 heavy (non-hydrogen) atoms. The Morgan fingerprint density at radius 3 is 2.75 bits per heavy atom. The molecule has 2 N–H and O–H groups in total. The number of rotatable bonds is 0. The summed E-state index contributed by atoms with van der Waals surface area (Å²) in [6, 6.07) is 0. The minimum atomic E-state index is 0.733. The average Bonchev–Trinajstić information content (AvgIpc) is 1.77. The normalized spacial score (nSPS) is 19.5. The van der Waals surface area contributed by atoms with Crippen LogP contribution >= 0.6 is 0 Å². The maximum Gasteiger partial charge on any atom is 0.116 e. The lowest BCUT2D eigenvalue weighted by atomic mass is 9.88. The minimum absolute atomic E-state index is 0.733. The molecule has 0 heterocycles. The summed E-state index contributed by atoms with van der Waals surface area (Å²) in [6.45, 7) is 0. The van der Waals surface area contributed by atoms with E-state index < -0.39 is 0 Å². The van der Waals surface area contributed by atoms with E-state index in [1.54, 1.807) is 0 Å². The maximum atomic E-state index is 5.48. The van der Waals surface area contributed by atoms with E-state index in [0.717, 1.165) is 24.0 Å². The van der Waals surface area contributed by atoms with Gasteiger partial charge in [-0.3, -0.25) is 0 Å². The highest BCUT2D eigenvalue weighted by Crippen LogP contribution is 2.10. The molecule has 0 aromatic carbocycles. The van der Waals surface area contributed by atoms with Gasteiger partial charge in [0.05, 0.1) is 0 Å². The van der Waals surface area contributed by atoms with Gasteiger partial charge in [0.2, 0.25) is 0 Å². The van der Waals surface area contributed by atoms with Crippen molar-refractivity contribution in [3.63, 3.8) is 0 Å². The Labute approximate surface area is 50.7 Å². The summed E-state index contributed by atoms with van der Waals surface area (Å²) < 4.78 is 0. The molecule has 2 heteroatoms. The van der Waals surface area contributed by atoms with Gasteiger partial charge in [-0.2, -0.15) is 0 Å². The first-order valence-electron chi connectivity index (χ1n) is 2.71. The van der Waals surface area contributed by atoms with Crippen LogP contribution in [0.25, 0.3) is 0 Å². The van der Waals surface area contributed by atoms with E-state index in [0.29, 0.717) is 0 Å². The molecule has 0 bridgehead atoms. The van der Waals surface area contributed by atoms with Crippen LogP contribution in [0.3, 0.4) is 0 Å². The van der Waals surface area contributed by atoms with Gasteiger partial charge in [-0.05, 0) is 12.8 Å². The zero-order valence-corrected chi connectivity index (χ0v) is 4.72. The molecule has 0 fully saturated rings. The van der Waals surface area contributed by atoms with Crippen molar-refractivity contribution in [3.05, 3.63) is 23.3 Å². The van der Waals surface area contributed by atoms with Crippen molar-refractivity contribution < 1.29 is 0 Å². The second-order valence-electron chi connectivity index (χ2n) is 1.92. The molecular weight excluding hydrogens is 96.9 g/mol. The van der Waals surface area contributed by atoms with Gasteiger partial charge < -0.3 is 5.73 Å². The smallest absolute Gasteiger partial charge is 0.116 e. The SMILES string of the molecule is [B]C1=C(N)CCC=C1. The first kappa shape index (κ1) is 5.48. The van der Waals surface area contributed by atoms with Crippen molar-refractivity contribution in [2.75, 3.05) is 0 Å². The van der Waals surface area contributed by atoms with E-state index in [4.69, 9.17) is 13.6 Å². The zero-order chi connectivity index (χ0) is 5.98. The highest BCUT2D eigenvalue weighted by molar-refractivity contribution is 6.23. The van der Waals surface area contributed by atoms with Crippen molar-refractivity contribution in [1.29, 1.82) is 0 Å². The highest BCUT2D eigenvalue weighted by atomic mass is 14.6. The van der Waals surface area contributed by atoms with Gasteiger partial charge in [0.25, 0.3) is 0 Å². The first-order chi connectivity index (χ1) is 3.80. The Morgan fingerprint density at radius 1 is 1.62 bits per heavy atom. The van der Waals surface area contributed by atoms with Crippen LogP contribution in [0, 0.1) is 0 Å². The fraction of sp³-hybridized carbons (Fsp3) is 0.333. The standard InChI is InChI=1S/C6H8BN/c7-5-3-1-2-4-6(5)8/h1,3H,2,4,8H2. The van der Waals surface area contributed by atoms with Crippen molar-refractivity contribution in [2.24, 2.45) is 5.73 Å². The third-order valence-corrected chi connectivity index (χ3v) is 1.25. The molecule has 0 spiro atoms. The van der Waals surface area contributed by atoms with Crippen LogP contribution in [0.2, 0.25) is 0 Å². The zero-order valence-electron chi connectivity index (χ0n) is 4.72. The summed E-state index contributed by atoms with van der Waals surface area (Å²) in [5.41, 5.74) is 7.04. The number of hydrogen-bond acceptors (Lipinski definition) is 1. The van der Waals surface area contributed by atoms with Crippen molar-refractivity contribution in [1.82, 2.24) is 0 Å². The van der Waals surface area contributed by atoms with E-state index >= 15 is 0 Å². The molecule has 1 nitrogen and oxygen atoms in total. The summed E-state index contributed by atoms with van der Waals surface area (Å²) in [5, 5.41) is 0. The van der Waals surface area contributed by atoms with Gasteiger partial charge in [-0.15, -0.1) is 0 Å². The van der Waals surface area contributed by atoms with Gasteiger partial charge >= 0.3 is 0 Å². The molecule has 2 radical (unpaired) electrons. The Morgan fingerprint density at radius 2 is 2.38 bits per heavy atom. The molecule has 0 aromatic heterocycles. The van der Waals surface area contributed by atoms with E-state index in [1.165, 1.54) is 0 Å². The molecule has 0 saturated carbocycles. The Bertz CT molecular complexity index is 147. The van der Waals surface area contributed by atoms with Gasteiger partial charge in [0.15, 0.2) is 0 Å². The molecule has 0 aliphatic heterocycles. The Balaban J connectivity index is 2.76. The second-order valence-corrected chi connectivity index (χ2v) is 1.92. The van der Waals surface area contributed by atoms with Crippen LogP contribution in [0.1, 0.15) is 12.8 Å². The largest absolute Gasteiger partial charge is 0.403 e. The Kier molecular flexibility index (Phi) is 1.42. The van der Waals surface area contributed by atoms with Crippen molar-refractivity contribution in [2.45, 2.75) is 12.8 Å². The van der Waals surface area contributed by atoms with Gasteiger partial charge in [0, 0.05) is 5.70 Å². The average molecular weight is 105 g/mol. The molecule has 1 rings (SSSR count). The maximum absolute atomic E-state index is 5.48. The van der Waals surface area contributed by atoms with Crippen LogP contribution in [0.5, 0.6) is 0 Å². The molecule has 0 saturated heterocycles. The van der Waals surface area contributed by atoms with Crippen LogP contribution < -0.4 is 5.73 Å². The summed E-state index contributed by atoms with van der Waals surface area (Å²) >= 11 is 0. The van der Waals surface area contributed by atoms with Gasteiger partial charge in [-0.25, -0.2) is 0 Å². The van der Waals surface area contributed by atoms with Crippen LogP contribution in [0.15, 0.2) is 23.3 Å². The van der Waals surface area contributed by atoms with Crippen LogP contribution in [-0.4, -0.2) is 7.85 Å². The highest BCUT2D eigenvalue weighted by Gasteiger charge is 1.96. The minimum Gasteiger partial charge on any atom is -0.403 e. The molecule has 0 amide bonds. The topological polar surface area (TPSA) is 26.0 Å². The molecule has 1 aliphatic rings. The Hall–Kier alpha value is -0.655. The van der Waals surface area contributed by atoms with E-state index in [-0.39, 0.29) is 0 Å². The molecule has 0 atom stereocenters.